The maximum Gasteiger partial charge on any atom is 0.343 e. The molecular formula is C22H22N2O4. The first-order chi connectivity index (χ1) is 13.6. The molecule has 0 amide bonds. The molecule has 0 atom stereocenters. The van der Waals surface area contributed by atoms with E-state index in [2.05, 4.69) is 4.98 Å². The SMILES string of the molecule is COc1cc(C)ccc1OC(=O)c1ccc2c(=O)n3c(nc2c1)CCCCC3. The van der Waals surface area contributed by atoms with Crippen molar-refractivity contribution in [2.45, 2.75) is 39.2 Å². The predicted molar refractivity (Wildman–Crippen MR) is 106 cm³/mol. The minimum absolute atomic E-state index is 0.0398. The third-order valence-corrected chi connectivity index (χ3v) is 5.07. The van der Waals surface area contributed by atoms with Gasteiger partial charge in [0.25, 0.3) is 5.56 Å². The number of aromatic nitrogens is 2. The third kappa shape index (κ3) is 3.38. The fraction of sp³-hybridized carbons (Fsp3) is 0.318. The number of ether oxygens (including phenoxy) is 2. The van der Waals surface area contributed by atoms with E-state index in [4.69, 9.17) is 9.47 Å². The van der Waals surface area contributed by atoms with Crippen molar-refractivity contribution in [3.05, 3.63) is 63.7 Å². The summed E-state index contributed by atoms with van der Waals surface area (Å²) in [6.45, 7) is 2.64. The van der Waals surface area contributed by atoms with E-state index >= 15 is 0 Å². The molecule has 1 aliphatic rings. The smallest absolute Gasteiger partial charge is 0.343 e. The zero-order chi connectivity index (χ0) is 19.7. The normalized spacial score (nSPS) is 13.6. The molecule has 0 fully saturated rings. The molecule has 1 aliphatic heterocycles. The number of rotatable bonds is 3. The van der Waals surface area contributed by atoms with E-state index in [9.17, 15) is 9.59 Å². The summed E-state index contributed by atoms with van der Waals surface area (Å²) in [5, 5.41) is 0.523. The lowest BCUT2D eigenvalue weighted by Crippen LogP contribution is -2.24. The van der Waals surface area contributed by atoms with E-state index in [-0.39, 0.29) is 5.56 Å². The van der Waals surface area contributed by atoms with Crippen molar-refractivity contribution < 1.29 is 14.3 Å². The second-order valence-corrected chi connectivity index (χ2v) is 7.07. The number of methoxy groups -OCH3 is 1. The van der Waals surface area contributed by atoms with Gasteiger partial charge in [-0.05, 0) is 55.7 Å². The summed E-state index contributed by atoms with van der Waals surface area (Å²) < 4.78 is 12.6. The summed E-state index contributed by atoms with van der Waals surface area (Å²) in [6, 6.07) is 10.3. The van der Waals surface area contributed by atoms with Gasteiger partial charge in [0.2, 0.25) is 0 Å². The fourth-order valence-corrected chi connectivity index (χ4v) is 3.56. The van der Waals surface area contributed by atoms with Crippen LogP contribution in [0.1, 0.15) is 41.0 Å². The Hall–Kier alpha value is -3.15. The van der Waals surface area contributed by atoms with Crippen LogP contribution in [-0.2, 0) is 13.0 Å². The molecule has 2 aromatic carbocycles. The Morgan fingerprint density at radius 1 is 1.07 bits per heavy atom. The maximum atomic E-state index is 12.8. The van der Waals surface area contributed by atoms with Crippen molar-refractivity contribution in [2.75, 3.05) is 7.11 Å². The van der Waals surface area contributed by atoms with Crippen molar-refractivity contribution >= 4 is 16.9 Å². The van der Waals surface area contributed by atoms with Gasteiger partial charge in [0, 0.05) is 13.0 Å². The van der Waals surface area contributed by atoms with E-state index in [0.717, 1.165) is 37.1 Å². The Kier molecular flexibility index (Phi) is 4.86. The summed E-state index contributed by atoms with van der Waals surface area (Å²) in [7, 11) is 1.53. The van der Waals surface area contributed by atoms with Crippen LogP contribution in [0.4, 0.5) is 0 Å². The predicted octanol–water partition coefficient (Wildman–Crippen LogP) is 3.66. The molecule has 144 valence electrons. The average Bonchev–Trinajstić information content (AvgIpc) is 2.94. The van der Waals surface area contributed by atoms with Crippen molar-refractivity contribution in [2.24, 2.45) is 0 Å². The van der Waals surface area contributed by atoms with Crippen LogP contribution in [-0.4, -0.2) is 22.6 Å². The highest BCUT2D eigenvalue weighted by molar-refractivity contribution is 5.95. The lowest BCUT2D eigenvalue weighted by Gasteiger charge is -2.12. The number of nitrogens with zero attached hydrogens (tertiary/aromatic N) is 2. The monoisotopic (exact) mass is 378 g/mol. The first kappa shape index (κ1) is 18.2. The third-order valence-electron chi connectivity index (χ3n) is 5.07. The molecule has 28 heavy (non-hydrogen) atoms. The molecule has 6 heteroatoms. The topological polar surface area (TPSA) is 70.4 Å². The van der Waals surface area contributed by atoms with Crippen molar-refractivity contribution in [3.63, 3.8) is 0 Å². The van der Waals surface area contributed by atoms with Crippen LogP contribution in [0.3, 0.4) is 0 Å². The Morgan fingerprint density at radius 2 is 1.93 bits per heavy atom. The van der Waals surface area contributed by atoms with Crippen LogP contribution < -0.4 is 15.0 Å². The van der Waals surface area contributed by atoms with Crippen LogP contribution in [0.2, 0.25) is 0 Å². The average molecular weight is 378 g/mol. The molecule has 0 N–H and O–H groups in total. The number of benzene rings is 2. The Labute approximate surface area is 162 Å². The zero-order valence-electron chi connectivity index (χ0n) is 16.0. The van der Waals surface area contributed by atoms with E-state index in [1.165, 1.54) is 7.11 Å². The second-order valence-electron chi connectivity index (χ2n) is 7.07. The molecule has 0 bridgehead atoms. The first-order valence-electron chi connectivity index (χ1n) is 9.47. The van der Waals surface area contributed by atoms with Gasteiger partial charge in [0.05, 0.1) is 23.6 Å². The highest BCUT2D eigenvalue weighted by Gasteiger charge is 2.17. The standard InChI is InChI=1S/C22H22N2O4/c1-14-7-10-18(19(12-14)27-2)28-22(26)15-8-9-16-17(13-15)23-20-6-4-3-5-11-24(20)21(16)25/h7-10,12-13H,3-6,11H2,1-2H3. The van der Waals surface area contributed by atoms with E-state index < -0.39 is 5.97 Å². The molecule has 0 spiro atoms. The van der Waals surface area contributed by atoms with Gasteiger partial charge in [-0.2, -0.15) is 0 Å². The Balaban J connectivity index is 1.70. The molecule has 4 rings (SSSR count). The van der Waals surface area contributed by atoms with Gasteiger partial charge in [0.1, 0.15) is 5.82 Å². The molecule has 1 aromatic heterocycles. The van der Waals surface area contributed by atoms with Gasteiger partial charge in [-0.25, -0.2) is 9.78 Å². The molecule has 0 saturated carbocycles. The summed E-state index contributed by atoms with van der Waals surface area (Å²) >= 11 is 0. The molecule has 6 nitrogen and oxygen atoms in total. The zero-order valence-corrected chi connectivity index (χ0v) is 16.0. The van der Waals surface area contributed by atoms with E-state index in [0.29, 0.717) is 34.5 Å². The molecule has 0 saturated heterocycles. The maximum absolute atomic E-state index is 12.8. The molecule has 0 radical (unpaired) electrons. The minimum Gasteiger partial charge on any atom is -0.493 e. The Bertz CT molecular complexity index is 1120. The number of aryl methyl sites for hydroxylation is 2. The molecule has 3 aromatic rings. The van der Waals surface area contributed by atoms with Crippen molar-refractivity contribution in [1.82, 2.24) is 9.55 Å². The summed E-state index contributed by atoms with van der Waals surface area (Å²) in [5.74, 6) is 1.13. The van der Waals surface area contributed by atoms with Crippen LogP contribution in [0.5, 0.6) is 11.5 Å². The van der Waals surface area contributed by atoms with Gasteiger partial charge in [-0.3, -0.25) is 9.36 Å². The molecule has 0 aliphatic carbocycles. The van der Waals surface area contributed by atoms with Gasteiger partial charge >= 0.3 is 5.97 Å². The number of carbonyl (C=O) groups is 1. The Morgan fingerprint density at radius 3 is 2.75 bits per heavy atom. The van der Waals surface area contributed by atoms with Gasteiger partial charge in [-0.15, -0.1) is 0 Å². The van der Waals surface area contributed by atoms with Crippen LogP contribution in [0.15, 0.2) is 41.2 Å². The quantitative estimate of drug-likeness (QED) is 0.514. The van der Waals surface area contributed by atoms with Crippen molar-refractivity contribution in [1.29, 1.82) is 0 Å². The van der Waals surface area contributed by atoms with Crippen LogP contribution in [0, 0.1) is 6.92 Å². The number of carbonyl (C=O) groups excluding carboxylic acids is 1. The summed E-state index contributed by atoms with van der Waals surface area (Å²) in [6.07, 6.45) is 3.88. The minimum atomic E-state index is -0.513. The van der Waals surface area contributed by atoms with Crippen LogP contribution >= 0.6 is 0 Å². The highest BCUT2D eigenvalue weighted by Crippen LogP contribution is 2.28. The largest absolute Gasteiger partial charge is 0.493 e. The summed E-state index contributed by atoms with van der Waals surface area (Å²) in [4.78, 5) is 30.1. The van der Waals surface area contributed by atoms with E-state index in [1.807, 2.05) is 13.0 Å². The number of fused-ring (bicyclic) bond motifs is 2. The van der Waals surface area contributed by atoms with E-state index in [1.54, 1.807) is 34.9 Å². The molecular weight excluding hydrogens is 356 g/mol. The number of hydrogen-bond donors (Lipinski definition) is 0. The van der Waals surface area contributed by atoms with Gasteiger partial charge in [0.15, 0.2) is 11.5 Å². The highest BCUT2D eigenvalue weighted by atomic mass is 16.6. The molecule has 2 heterocycles. The summed E-state index contributed by atoms with van der Waals surface area (Å²) in [5.41, 5.74) is 1.85. The van der Waals surface area contributed by atoms with Gasteiger partial charge in [-0.1, -0.05) is 12.5 Å². The number of esters is 1. The second kappa shape index (κ2) is 7.46. The van der Waals surface area contributed by atoms with Crippen LogP contribution in [0.25, 0.3) is 10.9 Å². The lowest BCUT2D eigenvalue weighted by molar-refractivity contribution is 0.0730. The van der Waals surface area contributed by atoms with Gasteiger partial charge < -0.3 is 9.47 Å². The fourth-order valence-electron chi connectivity index (χ4n) is 3.56. The first-order valence-corrected chi connectivity index (χ1v) is 9.47. The number of hydrogen-bond acceptors (Lipinski definition) is 5. The lowest BCUT2D eigenvalue weighted by atomic mass is 10.1. The molecule has 0 unspecified atom stereocenters. The van der Waals surface area contributed by atoms with Crippen molar-refractivity contribution in [3.8, 4) is 11.5 Å².